The first-order valence-corrected chi connectivity index (χ1v) is 8.87. The maximum Gasteiger partial charge on any atom is 0.322 e. The van der Waals surface area contributed by atoms with Crippen molar-refractivity contribution >= 4 is 11.9 Å². The minimum Gasteiger partial charge on any atom is -0.497 e. The van der Waals surface area contributed by atoms with Crippen LogP contribution in [0.4, 0.5) is 4.79 Å². The second-order valence-electron chi connectivity index (χ2n) is 6.78. The molecule has 1 atom stereocenters. The van der Waals surface area contributed by atoms with Gasteiger partial charge >= 0.3 is 6.03 Å². The van der Waals surface area contributed by atoms with E-state index in [1.165, 1.54) is 0 Å². The second kappa shape index (κ2) is 7.34. The summed E-state index contributed by atoms with van der Waals surface area (Å²) in [5.74, 6) is 1.13. The summed E-state index contributed by atoms with van der Waals surface area (Å²) in [7, 11) is 3.13. The Balaban J connectivity index is 2.15. The summed E-state index contributed by atoms with van der Waals surface area (Å²) in [6.07, 6.45) is 1.65. The Morgan fingerprint density at radius 1 is 1.30 bits per heavy atom. The highest BCUT2D eigenvalue weighted by Gasteiger charge is 2.45. The third-order valence-electron chi connectivity index (χ3n) is 4.93. The van der Waals surface area contributed by atoms with Gasteiger partial charge in [-0.2, -0.15) is 0 Å². The van der Waals surface area contributed by atoms with Crippen LogP contribution in [0.1, 0.15) is 25.5 Å². The maximum absolute atomic E-state index is 13.2. The minimum atomic E-state index is -0.602. The molecule has 7 nitrogen and oxygen atoms in total. The first kappa shape index (κ1) is 18.8. The number of benzene rings is 1. The molecule has 0 radical (unpaired) electrons. The van der Waals surface area contributed by atoms with Crippen molar-refractivity contribution in [1.29, 1.82) is 0 Å². The molecule has 0 saturated carbocycles. The predicted octanol–water partition coefficient (Wildman–Crippen LogP) is 2.46. The number of hydrogen-bond donors (Lipinski definition) is 1. The molecule has 1 N–H and O–H groups in total. The third kappa shape index (κ3) is 3.13. The molecular formula is C20H25N3O4. The number of urea groups is 1. The molecule has 7 heteroatoms. The lowest BCUT2D eigenvalue weighted by molar-refractivity contribution is -0.127. The Labute approximate surface area is 159 Å². The van der Waals surface area contributed by atoms with Gasteiger partial charge in [-0.05, 0) is 32.0 Å². The van der Waals surface area contributed by atoms with Gasteiger partial charge in [0.15, 0.2) is 0 Å². The van der Waals surface area contributed by atoms with E-state index in [-0.39, 0.29) is 18.0 Å². The predicted molar refractivity (Wildman–Crippen MR) is 102 cm³/mol. The highest BCUT2D eigenvalue weighted by molar-refractivity contribution is 6.01. The molecule has 0 fully saturated rings. The average Bonchev–Trinajstić information content (AvgIpc) is 3.01. The molecule has 0 aromatic heterocycles. The summed E-state index contributed by atoms with van der Waals surface area (Å²) in [6.45, 7) is 8.39. The molecule has 3 rings (SSSR count). The Hall–Kier alpha value is -2.96. The Morgan fingerprint density at radius 2 is 2.04 bits per heavy atom. The normalized spacial score (nSPS) is 19.4. The molecule has 2 aliphatic heterocycles. The number of hydrogen-bond acceptors (Lipinski definition) is 4. The number of carbonyl (C=O) groups is 2. The van der Waals surface area contributed by atoms with Gasteiger partial charge in [-0.3, -0.25) is 9.69 Å². The number of nitrogens with one attached hydrogen (secondary N) is 1. The molecular weight excluding hydrogens is 346 g/mol. The van der Waals surface area contributed by atoms with Crippen molar-refractivity contribution in [2.75, 3.05) is 27.3 Å². The van der Waals surface area contributed by atoms with Gasteiger partial charge < -0.3 is 19.7 Å². The average molecular weight is 371 g/mol. The van der Waals surface area contributed by atoms with Crippen LogP contribution in [0.2, 0.25) is 0 Å². The van der Waals surface area contributed by atoms with Crippen LogP contribution in [0.25, 0.3) is 0 Å². The number of methoxy groups -OCH3 is 2. The molecule has 144 valence electrons. The van der Waals surface area contributed by atoms with Crippen molar-refractivity contribution in [3.63, 3.8) is 0 Å². The van der Waals surface area contributed by atoms with Gasteiger partial charge in [0.2, 0.25) is 0 Å². The zero-order chi connectivity index (χ0) is 19.7. The topological polar surface area (TPSA) is 71.1 Å². The van der Waals surface area contributed by atoms with Crippen molar-refractivity contribution in [2.24, 2.45) is 0 Å². The molecule has 27 heavy (non-hydrogen) atoms. The molecule has 1 aromatic rings. The van der Waals surface area contributed by atoms with E-state index in [0.717, 1.165) is 0 Å². The molecule has 2 heterocycles. The Bertz CT molecular complexity index is 815. The van der Waals surface area contributed by atoms with E-state index in [9.17, 15) is 9.59 Å². The highest BCUT2D eigenvalue weighted by Crippen LogP contribution is 2.41. The first-order chi connectivity index (χ1) is 12.9. The van der Waals surface area contributed by atoms with Crippen LogP contribution in [-0.2, 0) is 4.79 Å². The molecule has 2 aliphatic rings. The molecule has 0 spiro atoms. The third-order valence-corrected chi connectivity index (χ3v) is 4.93. The van der Waals surface area contributed by atoms with Gasteiger partial charge in [-0.15, -0.1) is 6.58 Å². The summed E-state index contributed by atoms with van der Waals surface area (Å²) in [5, 5.41) is 2.95. The minimum absolute atomic E-state index is 0.0247. The lowest BCUT2D eigenvalue weighted by atomic mass is 9.94. The standard InChI is InChI=1S/C20H25N3O4/c1-6-9-22-15-11-23(12(2)3)19(24)17(15)18(21-20(22)25)14-10-13(26-4)7-8-16(14)27-5/h6-8,10,12,18H,1,9,11H2,2-5H3,(H,21,25). The second-order valence-corrected chi connectivity index (χ2v) is 6.78. The van der Waals surface area contributed by atoms with Crippen LogP contribution < -0.4 is 14.8 Å². The highest BCUT2D eigenvalue weighted by atomic mass is 16.5. The lowest BCUT2D eigenvalue weighted by Crippen LogP contribution is -2.47. The Kier molecular flexibility index (Phi) is 5.12. The van der Waals surface area contributed by atoms with Gasteiger partial charge in [0.1, 0.15) is 11.5 Å². The number of nitrogens with zero attached hydrogens (tertiary/aromatic N) is 2. The van der Waals surface area contributed by atoms with Gasteiger partial charge in [0, 0.05) is 18.2 Å². The molecule has 0 saturated heterocycles. The van der Waals surface area contributed by atoms with Crippen LogP contribution in [0.3, 0.4) is 0 Å². The van der Waals surface area contributed by atoms with Crippen LogP contribution in [0, 0.1) is 0 Å². The van der Waals surface area contributed by atoms with Gasteiger partial charge in [0.25, 0.3) is 5.91 Å². The van der Waals surface area contributed by atoms with E-state index in [1.54, 1.807) is 48.3 Å². The quantitative estimate of drug-likeness (QED) is 0.780. The maximum atomic E-state index is 13.2. The number of amides is 3. The fourth-order valence-corrected chi connectivity index (χ4v) is 3.55. The van der Waals surface area contributed by atoms with Crippen LogP contribution in [-0.4, -0.2) is 55.1 Å². The smallest absolute Gasteiger partial charge is 0.322 e. The molecule has 1 unspecified atom stereocenters. The van der Waals surface area contributed by atoms with Crippen LogP contribution in [0.15, 0.2) is 42.1 Å². The fourth-order valence-electron chi connectivity index (χ4n) is 3.55. The van der Waals surface area contributed by atoms with E-state index in [1.807, 2.05) is 13.8 Å². The Morgan fingerprint density at radius 3 is 2.63 bits per heavy atom. The zero-order valence-corrected chi connectivity index (χ0v) is 16.1. The van der Waals surface area contributed by atoms with Crippen molar-refractivity contribution in [3.05, 3.63) is 47.7 Å². The van der Waals surface area contributed by atoms with Gasteiger partial charge in [0.05, 0.1) is 38.1 Å². The molecule has 0 bridgehead atoms. The largest absolute Gasteiger partial charge is 0.497 e. The molecule has 1 aromatic carbocycles. The fraction of sp³-hybridized carbons (Fsp3) is 0.400. The van der Waals surface area contributed by atoms with E-state index in [0.29, 0.717) is 41.4 Å². The van der Waals surface area contributed by atoms with Crippen molar-refractivity contribution in [2.45, 2.75) is 25.9 Å². The van der Waals surface area contributed by atoms with Gasteiger partial charge in [-0.1, -0.05) is 6.08 Å². The summed E-state index contributed by atoms with van der Waals surface area (Å²) in [5.41, 5.74) is 1.97. The van der Waals surface area contributed by atoms with E-state index in [2.05, 4.69) is 11.9 Å². The van der Waals surface area contributed by atoms with Crippen LogP contribution in [0.5, 0.6) is 11.5 Å². The van der Waals surface area contributed by atoms with Crippen molar-refractivity contribution < 1.29 is 19.1 Å². The first-order valence-electron chi connectivity index (χ1n) is 8.87. The summed E-state index contributed by atoms with van der Waals surface area (Å²) in [6, 6.07) is 4.51. The molecule has 0 aliphatic carbocycles. The summed E-state index contributed by atoms with van der Waals surface area (Å²) in [4.78, 5) is 29.3. The lowest BCUT2D eigenvalue weighted by Gasteiger charge is -2.33. The summed E-state index contributed by atoms with van der Waals surface area (Å²) >= 11 is 0. The summed E-state index contributed by atoms with van der Waals surface area (Å²) < 4.78 is 10.8. The van der Waals surface area contributed by atoms with Crippen LogP contribution >= 0.6 is 0 Å². The zero-order valence-electron chi connectivity index (χ0n) is 16.1. The van der Waals surface area contributed by atoms with Crippen molar-refractivity contribution in [3.8, 4) is 11.5 Å². The van der Waals surface area contributed by atoms with Crippen molar-refractivity contribution in [1.82, 2.24) is 15.1 Å². The van der Waals surface area contributed by atoms with Gasteiger partial charge in [-0.25, -0.2) is 4.79 Å². The number of ether oxygens (including phenoxy) is 2. The molecule has 3 amide bonds. The number of rotatable bonds is 6. The SMILES string of the molecule is C=CCN1C(=O)NC(c2cc(OC)ccc2OC)C2=C1CN(C(C)C)C2=O. The number of carbonyl (C=O) groups excluding carboxylic acids is 2. The monoisotopic (exact) mass is 371 g/mol. The van der Waals surface area contributed by atoms with E-state index in [4.69, 9.17) is 9.47 Å². The van der Waals surface area contributed by atoms with E-state index < -0.39 is 6.04 Å². The van der Waals surface area contributed by atoms with E-state index >= 15 is 0 Å².